The van der Waals surface area contributed by atoms with Crippen molar-refractivity contribution in [1.29, 1.82) is 0 Å². The van der Waals surface area contributed by atoms with Crippen LogP contribution in [0.2, 0.25) is 0 Å². The molecule has 1 heteroatoms. The summed E-state index contributed by atoms with van der Waals surface area (Å²) in [5, 5.41) is 0. The molecule has 0 bridgehead atoms. The van der Waals surface area contributed by atoms with Gasteiger partial charge < -0.3 is 4.90 Å². The van der Waals surface area contributed by atoms with E-state index in [1.165, 1.54) is 83.9 Å². The quantitative estimate of drug-likeness (QED) is 0.226. The molecule has 0 saturated carbocycles. The molecule has 4 aliphatic rings. The van der Waals surface area contributed by atoms with Gasteiger partial charge in [-0.2, -0.15) is 0 Å². The zero-order valence-electron chi connectivity index (χ0n) is 28.5. The lowest BCUT2D eigenvalue weighted by atomic mass is 9.63. The first-order chi connectivity index (χ1) is 22.0. The standard InChI is InChI=1S/C45H45N/c1-28-8-14-31(15-9-28)34-20-22-41-37(24-34)44(4,5)39-26-36(33-18-12-30(3)13-19-33)27-40-43(39)46(41)42-23-21-35(25-38(42)45(40,6)7)32-16-10-29(2)11-17-32/h8-12,14-18,20-24,26-27,35H,13,19,25H2,1-7H3. The Labute approximate surface area is 275 Å². The summed E-state index contributed by atoms with van der Waals surface area (Å²) in [5.41, 5.74) is 20.6. The van der Waals surface area contributed by atoms with Gasteiger partial charge in [-0.25, -0.2) is 0 Å². The second kappa shape index (κ2) is 10.3. The smallest absolute Gasteiger partial charge is 0.0543 e. The largest absolute Gasteiger partial charge is 0.310 e. The molecular formula is C45H45N. The Kier molecular flexibility index (Phi) is 6.53. The van der Waals surface area contributed by atoms with Crippen LogP contribution in [0.5, 0.6) is 0 Å². The Bertz CT molecular complexity index is 2020. The SMILES string of the molecule is CC1=CC=C(c2cc3c4c(c2)C(C)(C)c2cc(-c5ccc(C)cc5)ccc2N4C2=C(CC(c4ccc(C)cc4)C=C2)C3(C)C)CC1. The van der Waals surface area contributed by atoms with E-state index in [0.717, 1.165) is 19.3 Å². The summed E-state index contributed by atoms with van der Waals surface area (Å²) >= 11 is 0. The van der Waals surface area contributed by atoms with Crippen molar-refractivity contribution in [2.24, 2.45) is 0 Å². The molecule has 46 heavy (non-hydrogen) atoms. The Hall–Kier alpha value is -4.36. The lowest BCUT2D eigenvalue weighted by molar-refractivity contribution is 0.543. The molecule has 2 aliphatic carbocycles. The van der Waals surface area contributed by atoms with E-state index in [4.69, 9.17) is 0 Å². The van der Waals surface area contributed by atoms with Gasteiger partial charge in [0.25, 0.3) is 0 Å². The Morgan fingerprint density at radius 3 is 1.93 bits per heavy atom. The molecule has 1 nitrogen and oxygen atoms in total. The molecule has 4 aromatic carbocycles. The van der Waals surface area contributed by atoms with Crippen LogP contribution in [0, 0.1) is 13.8 Å². The minimum Gasteiger partial charge on any atom is -0.310 e. The molecule has 2 heterocycles. The van der Waals surface area contributed by atoms with E-state index in [1.807, 2.05) is 0 Å². The van der Waals surface area contributed by atoms with Crippen molar-refractivity contribution in [2.75, 3.05) is 4.90 Å². The fraction of sp³-hybridized carbons (Fsp3) is 0.289. The van der Waals surface area contributed by atoms with E-state index in [-0.39, 0.29) is 10.8 Å². The average molecular weight is 600 g/mol. The van der Waals surface area contributed by atoms with Crippen molar-refractivity contribution in [1.82, 2.24) is 0 Å². The summed E-state index contributed by atoms with van der Waals surface area (Å²) in [5.74, 6) is 0.376. The van der Waals surface area contributed by atoms with Gasteiger partial charge in [-0.15, -0.1) is 0 Å². The summed E-state index contributed by atoms with van der Waals surface area (Å²) in [6.45, 7) is 16.4. The number of benzene rings is 4. The van der Waals surface area contributed by atoms with E-state index in [9.17, 15) is 0 Å². The minimum atomic E-state index is -0.162. The fourth-order valence-electron chi connectivity index (χ4n) is 8.36. The van der Waals surface area contributed by atoms with Gasteiger partial charge in [0, 0.05) is 22.4 Å². The number of rotatable bonds is 3. The van der Waals surface area contributed by atoms with Crippen LogP contribution >= 0.6 is 0 Å². The van der Waals surface area contributed by atoms with Gasteiger partial charge in [0.15, 0.2) is 0 Å². The predicted molar refractivity (Wildman–Crippen MR) is 196 cm³/mol. The molecule has 8 rings (SSSR count). The van der Waals surface area contributed by atoms with Gasteiger partial charge in [-0.1, -0.05) is 117 Å². The summed E-state index contributed by atoms with van der Waals surface area (Å²) in [4.78, 5) is 2.63. The van der Waals surface area contributed by atoms with Crippen LogP contribution in [-0.4, -0.2) is 0 Å². The molecule has 0 fully saturated rings. The van der Waals surface area contributed by atoms with Gasteiger partial charge in [0.1, 0.15) is 0 Å². The van der Waals surface area contributed by atoms with Crippen LogP contribution in [0.3, 0.4) is 0 Å². The molecule has 1 atom stereocenters. The molecule has 230 valence electrons. The minimum absolute atomic E-state index is 0.101. The fourth-order valence-corrected chi connectivity index (χ4v) is 8.36. The number of allylic oxidation sites excluding steroid dienone is 7. The normalized spacial score (nSPS) is 20.4. The van der Waals surface area contributed by atoms with E-state index < -0.39 is 0 Å². The second-order valence-corrected chi connectivity index (χ2v) is 15.3. The summed E-state index contributed by atoms with van der Waals surface area (Å²) in [7, 11) is 0. The van der Waals surface area contributed by atoms with Crippen molar-refractivity contribution in [2.45, 2.75) is 84.5 Å². The van der Waals surface area contributed by atoms with Crippen LogP contribution < -0.4 is 4.90 Å². The Morgan fingerprint density at radius 2 is 1.26 bits per heavy atom. The third-order valence-electron chi connectivity index (χ3n) is 11.4. The Morgan fingerprint density at radius 1 is 0.630 bits per heavy atom. The van der Waals surface area contributed by atoms with Crippen molar-refractivity contribution in [3.63, 3.8) is 0 Å². The first kappa shape index (κ1) is 29.1. The number of hydrogen-bond donors (Lipinski definition) is 0. The van der Waals surface area contributed by atoms with Crippen molar-refractivity contribution in [3.8, 4) is 11.1 Å². The highest BCUT2D eigenvalue weighted by molar-refractivity contribution is 5.90. The number of hydrogen-bond acceptors (Lipinski definition) is 1. The summed E-state index contributed by atoms with van der Waals surface area (Å²) in [6, 6.07) is 30.4. The van der Waals surface area contributed by atoms with Gasteiger partial charge >= 0.3 is 0 Å². The monoisotopic (exact) mass is 599 g/mol. The van der Waals surface area contributed by atoms with Gasteiger partial charge in [0.05, 0.1) is 11.4 Å². The van der Waals surface area contributed by atoms with E-state index in [0.29, 0.717) is 5.92 Å². The van der Waals surface area contributed by atoms with Gasteiger partial charge in [-0.05, 0) is 120 Å². The first-order valence-electron chi connectivity index (χ1n) is 17.1. The molecule has 0 spiro atoms. The molecule has 0 amide bonds. The van der Waals surface area contributed by atoms with E-state index in [2.05, 4.69) is 157 Å². The highest BCUT2D eigenvalue weighted by Gasteiger charge is 2.47. The first-order valence-corrected chi connectivity index (χ1v) is 17.1. The number of anilines is 2. The van der Waals surface area contributed by atoms with Crippen LogP contribution in [0.4, 0.5) is 11.4 Å². The third-order valence-corrected chi connectivity index (χ3v) is 11.4. The number of fused-ring (bicyclic) bond motifs is 3. The van der Waals surface area contributed by atoms with Crippen LogP contribution in [0.1, 0.15) is 98.7 Å². The zero-order chi connectivity index (χ0) is 32.0. The zero-order valence-corrected chi connectivity index (χ0v) is 28.5. The maximum Gasteiger partial charge on any atom is 0.0543 e. The van der Waals surface area contributed by atoms with Crippen molar-refractivity contribution >= 4 is 16.9 Å². The lowest BCUT2D eigenvalue weighted by Gasteiger charge is -2.51. The van der Waals surface area contributed by atoms with E-state index in [1.54, 1.807) is 0 Å². The Balaban J connectivity index is 1.36. The summed E-state index contributed by atoms with van der Waals surface area (Å²) < 4.78 is 0. The highest BCUT2D eigenvalue weighted by atomic mass is 15.2. The number of nitrogens with zero attached hydrogens (tertiary/aromatic N) is 1. The van der Waals surface area contributed by atoms with Crippen LogP contribution in [0.25, 0.3) is 16.7 Å². The molecule has 0 radical (unpaired) electrons. The molecular weight excluding hydrogens is 555 g/mol. The average Bonchev–Trinajstić information content (AvgIpc) is 3.05. The molecule has 0 saturated heterocycles. The second-order valence-electron chi connectivity index (χ2n) is 15.3. The van der Waals surface area contributed by atoms with Crippen molar-refractivity contribution < 1.29 is 0 Å². The van der Waals surface area contributed by atoms with Gasteiger partial charge in [-0.3, -0.25) is 0 Å². The molecule has 2 aliphatic heterocycles. The molecule has 0 N–H and O–H groups in total. The number of aryl methyl sites for hydroxylation is 2. The van der Waals surface area contributed by atoms with Gasteiger partial charge in [0.2, 0.25) is 0 Å². The molecule has 1 unspecified atom stereocenters. The van der Waals surface area contributed by atoms with Crippen LogP contribution in [-0.2, 0) is 10.8 Å². The van der Waals surface area contributed by atoms with Crippen LogP contribution in [0.15, 0.2) is 120 Å². The maximum absolute atomic E-state index is 2.63. The molecule has 0 aromatic heterocycles. The summed E-state index contributed by atoms with van der Waals surface area (Å²) in [6.07, 6.45) is 12.9. The predicted octanol–water partition coefficient (Wildman–Crippen LogP) is 12.2. The highest BCUT2D eigenvalue weighted by Crippen LogP contribution is 2.60. The van der Waals surface area contributed by atoms with E-state index >= 15 is 0 Å². The third kappa shape index (κ3) is 4.43. The lowest BCUT2D eigenvalue weighted by Crippen LogP contribution is -2.41. The maximum atomic E-state index is 2.63. The molecule has 4 aromatic rings. The van der Waals surface area contributed by atoms with Crippen molar-refractivity contribution in [3.05, 3.63) is 159 Å². The topological polar surface area (TPSA) is 3.24 Å².